The van der Waals surface area contributed by atoms with Gasteiger partial charge in [-0.3, -0.25) is 0 Å². The molecule has 0 N–H and O–H groups in total. The van der Waals surface area contributed by atoms with Crippen LogP contribution in [0.15, 0.2) is 0 Å². The molecule has 0 aliphatic carbocycles. The molecule has 0 aromatic carbocycles. The molecule has 0 saturated carbocycles. The lowest BCUT2D eigenvalue weighted by molar-refractivity contribution is 0.235. The minimum absolute atomic E-state index is 0.276. The van der Waals surface area contributed by atoms with Gasteiger partial charge in [-0.05, 0) is 26.2 Å². The summed E-state index contributed by atoms with van der Waals surface area (Å²) in [4.78, 5) is 0. The predicted octanol–water partition coefficient (Wildman–Crippen LogP) is 3.47. The van der Waals surface area contributed by atoms with Crippen LogP contribution < -0.4 is 0 Å². The Morgan fingerprint density at radius 2 is 0.650 bits per heavy atom. The highest BCUT2D eigenvalue weighted by atomic mass is 35.5. The lowest BCUT2D eigenvalue weighted by Crippen LogP contribution is -2.70. The topological polar surface area (TPSA) is 36.9 Å². The second-order valence-corrected chi connectivity index (χ2v) is 22.1. The van der Waals surface area contributed by atoms with E-state index in [-0.39, 0.29) is 22.0 Å². The molecule has 1 fully saturated rings. The largest absolute Gasteiger partial charge is 0.414 e. The Balaban J connectivity index is 3.18. The standard InChI is InChI=1S/C8H20Cl4O4Si4/c1-17(5-9)13-18(2,6-10)15-20(4,8-12)16-19(3,7-11)14-17/h5-8H2,1-4H3. The molecule has 20 heavy (non-hydrogen) atoms. The molecule has 1 aliphatic heterocycles. The van der Waals surface area contributed by atoms with E-state index in [2.05, 4.69) is 0 Å². The Bertz CT molecular complexity index is 278. The van der Waals surface area contributed by atoms with Crippen molar-refractivity contribution in [2.45, 2.75) is 26.2 Å². The Morgan fingerprint density at radius 1 is 0.500 bits per heavy atom. The van der Waals surface area contributed by atoms with Crippen molar-refractivity contribution in [2.24, 2.45) is 0 Å². The quantitative estimate of drug-likeness (QED) is 0.502. The molecule has 1 saturated heterocycles. The molecule has 0 unspecified atom stereocenters. The maximum atomic E-state index is 6.20. The molecular formula is C8H20Cl4O4Si4. The summed E-state index contributed by atoms with van der Waals surface area (Å²) < 4.78 is 24.8. The summed E-state index contributed by atoms with van der Waals surface area (Å²) in [6.07, 6.45) is 0. The third-order valence-electron chi connectivity index (χ3n) is 2.70. The van der Waals surface area contributed by atoms with Crippen LogP contribution in [0.1, 0.15) is 0 Å². The molecule has 12 heteroatoms. The van der Waals surface area contributed by atoms with Gasteiger partial charge >= 0.3 is 34.2 Å². The van der Waals surface area contributed by atoms with Crippen molar-refractivity contribution < 1.29 is 16.5 Å². The lowest BCUT2D eigenvalue weighted by Gasteiger charge is -2.48. The number of rotatable bonds is 4. The number of hydrogen-bond donors (Lipinski definition) is 0. The Morgan fingerprint density at radius 3 is 0.750 bits per heavy atom. The Hall–Kier alpha value is 1.87. The van der Waals surface area contributed by atoms with E-state index in [9.17, 15) is 0 Å². The fourth-order valence-electron chi connectivity index (χ4n) is 2.13. The summed E-state index contributed by atoms with van der Waals surface area (Å²) in [5, 5.41) is 0. The number of alkyl halides is 4. The van der Waals surface area contributed by atoms with Crippen LogP contribution in [0.25, 0.3) is 0 Å². The van der Waals surface area contributed by atoms with Gasteiger partial charge in [0.2, 0.25) is 0 Å². The molecule has 0 amide bonds. The highest BCUT2D eigenvalue weighted by molar-refractivity contribution is 6.98. The van der Waals surface area contributed by atoms with Gasteiger partial charge in [0, 0.05) is 0 Å². The van der Waals surface area contributed by atoms with Crippen LogP contribution in [-0.2, 0) is 16.5 Å². The molecule has 0 aromatic rings. The number of halogens is 4. The lowest BCUT2D eigenvalue weighted by atomic mass is 11.9. The summed E-state index contributed by atoms with van der Waals surface area (Å²) in [6.45, 7) is 7.58. The van der Waals surface area contributed by atoms with E-state index in [4.69, 9.17) is 62.9 Å². The second kappa shape index (κ2) is 7.18. The normalized spacial score (nSPS) is 46.8. The summed E-state index contributed by atoms with van der Waals surface area (Å²) in [5.41, 5.74) is 1.10. The van der Waals surface area contributed by atoms with Crippen molar-refractivity contribution in [1.29, 1.82) is 0 Å². The monoisotopic (exact) mass is 432 g/mol. The fourth-order valence-corrected chi connectivity index (χ4v) is 24.6. The van der Waals surface area contributed by atoms with Crippen LogP contribution in [0.3, 0.4) is 0 Å². The molecule has 1 heterocycles. The average Bonchev–Trinajstić information content (AvgIpc) is 2.36. The molecule has 120 valence electrons. The maximum absolute atomic E-state index is 6.20. The van der Waals surface area contributed by atoms with Crippen molar-refractivity contribution in [3.05, 3.63) is 0 Å². The van der Waals surface area contributed by atoms with E-state index in [0.29, 0.717) is 0 Å². The van der Waals surface area contributed by atoms with Crippen molar-refractivity contribution in [3.8, 4) is 0 Å². The van der Waals surface area contributed by atoms with Gasteiger partial charge in [0.25, 0.3) is 0 Å². The van der Waals surface area contributed by atoms with Gasteiger partial charge in [-0.1, -0.05) is 0 Å². The predicted molar refractivity (Wildman–Crippen MR) is 93.7 cm³/mol. The van der Waals surface area contributed by atoms with Gasteiger partial charge in [0.15, 0.2) is 0 Å². The van der Waals surface area contributed by atoms with Gasteiger partial charge in [0.05, 0.1) is 22.0 Å². The van der Waals surface area contributed by atoms with Crippen LogP contribution in [-0.4, -0.2) is 56.3 Å². The van der Waals surface area contributed by atoms with E-state index in [1.54, 1.807) is 0 Å². The highest BCUT2D eigenvalue weighted by Gasteiger charge is 2.56. The zero-order chi connectivity index (χ0) is 15.7. The molecule has 1 rings (SSSR count). The third kappa shape index (κ3) is 4.93. The van der Waals surface area contributed by atoms with E-state index < -0.39 is 34.2 Å². The molecule has 0 aromatic heterocycles. The van der Waals surface area contributed by atoms with Crippen molar-refractivity contribution >= 4 is 80.6 Å². The van der Waals surface area contributed by atoms with E-state index in [0.717, 1.165) is 0 Å². The SMILES string of the molecule is C[Si]1(CCl)O[Si](C)(CCl)O[Si](C)(CCl)O[Si](C)(CCl)O1. The van der Waals surface area contributed by atoms with Crippen LogP contribution >= 0.6 is 46.4 Å². The first-order valence-corrected chi connectivity index (χ1v) is 18.3. The van der Waals surface area contributed by atoms with Crippen LogP contribution in [0, 0.1) is 0 Å². The zero-order valence-electron chi connectivity index (χ0n) is 12.0. The van der Waals surface area contributed by atoms with E-state index in [1.807, 2.05) is 26.2 Å². The van der Waals surface area contributed by atoms with E-state index in [1.165, 1.54) is 0 Å². The summed E-state index contributed by atoms with van der Waals surface area (Å²) >= 11 is 24.3. The minimum atomic E-state index is -2.63. The summed E-state index contributed by atoms with van der Waals surface area (Å²) in [5.74, 6) is 0. The molecule has 0 radical (unpaired) electrons. The first-order valence-electron chi connectivity index (χ1n) is 6.12. The molecule has 0 atom stereocenters. The molecule has 4 nitrogen and oxygen atoms in total. The van der Waals surface area contributed by atoms with Crippen molar-refractivity contribution in [3.63, 3.8) is 0 Å². The molecule has 1 aliphatic rings. The summed E-state index contributed by atoms with van der Waals surface area (Å²) in [6, 6.07) is 0. The first kappa shape index (κ1) is 19.9. The van der Waals surface area contributed by atoms with Gasteiger partial charge in [-0.25, -0.2) is 0 Å². The van der Waals surface area contributed by atoms with Crippen molar-refractivity contribution in [2.75, 3.05) is 22.0 Å². The zero-order valence-corrected chi connectivity index (χ0v) is 19.0. The maximum Gasteiger partial charge on any atom is 0.332 e. The van der Waals surface area contributed by atoms with Crippen LogP contribution in [0.2, 0.25) is 26.2 Å². The third-order valence-corrected chi connectivity index (χ3v) is 24.3. The minimum Gasteiger partial charge on any atom is -0.414 e. The van der Waals surface area contributed by atoms with Gasteiger partial charge < -0.3 is 16.5 Å². The molecule has 0 bridgehead atoms. The van der Waals surface area contributed by atoms with Gasteiger partial charge in [-0.15, -0.1) is 46.4 Å². The highest BCUT2D eigenvalue weighted by Crippen LogP contribution is 2.32. The fraction of sp³-hybridized carbons (Fsp3) is 1.00. The summed E-state index contributed by atoms with van der Waals surface area (Å²) in [7, 11) is -10.5. The second-order valence-electron chi connectivity index (χ2n) is 5.48. The Kier molecular flexibility index (Phi) is 7.15. The smallest absolute Gasteiger partial charge is 0.332 e. The van der Waals surface area contributed by atoms with Crippen molar-refractivity contribution in [1.82, 2.24) is 0 Å². The average molecular weight is 434 g/mol. The van der Waals surface area contributed by atoms with E-state index >= 15 is 0 Å². The van der Waals surface area contributed by atoms with Crippen LogP contribution in [0.5, 0.6) is 0 Å². The Labute approximate surface area is 144 Å². The van der Waals surface area contributed by atoms with Gasteiger partial charge in [-0.2, -0.15) is 0 Å². The molecular weight excluding hydrogens is 414 g/mol. The first-order chi connectivity index (χ1) is 9.07. The van der Waals surface area contributed by atoms with Gasteiger partial charge in [0.1, 0.15) is 0 Å². The number of hydrogen-bond acceptors (Lipinski definition) is 4. The van der Waals surface area contributed by atoms with Crippen LogP contribution in [0.4, 0.5) is 0 Å². The molecule has 0 spiro atoms.